The summed E-state index contributed by atoms with van der Waals surface area (Å²) in [6.07, 6.45) is 0. The van der Waals surface area contributed by atoms with Crippen molar-refractivity contribution in [1.82, 2.24) is 15.0 Å². The standard InChI is InChI=1S/C21H15ClN6O7S/c1-35-21-25-19(22)24-20(26-21)23-11-6-7-12-10(8-11)9-15(36(32,33)34)16(17(12)29)28-27-14-5-3-2-4-13(14)18(30)31/h2-9,29H,1H3,(H,30,31)(H,32,33,34)(H,23,24,25,26). The van der Waals surface area contributed by atoms with Gasteiger partial charge in [0.1, 0.15) is 16.3 Å². The van der Waals surface area contributed by atoms with Gasteiger partial charge >= 0.3 is 12.0 Å². The number of phenolic OH excluding ortho intramolecular Hbond substituents is 1. The van der Waals surface area contributed by atoms with Crippen LogP contribution in [0.25, 0.3) is 10.8 Å². The third kappa shape index (κ3) is 5.14. The number of hydrogen-bond donors (Lipinski definition) is 4. The highest BCUT2D eigenvalue weighted by Gasteiger charge is 2.22. The summed E-state index contributed by atoms with van der Waals surface area (Å²) in [7, 11) is -3.53. The number of aromatic carboxylic acids is 1. The first-order valence-electron chi connectivity index (χ1n) is 9.80. The van der Waals surface area contributed by atoms with E-state index < -0.39 is 32.4 Å². The summed E-state index contributed by atoms with van der Waals surface area (Å²) in [6, 6.07) is 11.1. The van der Waals surface area contributed by atoms with E-state index in [1.165, 1.54) is 49.6 Å². The van der Waals surface area contributed by atoms with Gasteiger partial charge in [0, 0.05) is 11.1 Å². The van der Waals surface area contributed by atoms with E-state index in [0.29, 0.717) is 5.69 Å². The Morgan fingerprint density at radius 1 is 1.08 bits per heavy atom. The number of nitrogens with zero attached hydrogens (tertiary/aromatic N) is 5. The molecule has 4 N–H and O–H groups in total. The third-order valence-corrected chi connectivity index (χ3v) is 5.78. The summed E-state index contributed by atoms with van der Waals surface area (Å²) in [5, 5.41) is 30.7. The molecule has 15 heteroatoms. The minimum Gasteiger partial charge on any atom is -0.505 e. The molecule has 4 rings (SSSR count). The van der Waals surface area contributed by atoms with Crippen LogP contribution in [0.4, 0.5) is 23.0 Å². The highest BCUT2D eigenvalue weighted by molar-refractivity contribution is 7.86. The maximum absolute atomic E-state index is 12.1. The molecule has 0 saturated carbocycles. The van der Waals surface area contributed by atoms with Gasteiger partial charge in [-0.15, -0.1) is 10.2 Å². The number of azo groups is 1. The molecule has 13 nitrogen and oxygen atoms in total. The van der Waals surface area contributed by atoms with E-state index in [9.17, 15) is 28.0 Å². The molecule has 0 unspecified atom stereocenters. The fraction of sp³-hybridized carbons (Fsp3) is 0.0476. The SMILES string of the molecule is COc1nc(Cl)nc(Nc2ccc3c(O)c(N=Nc4ccccc4C(=O)O)c(S(=O)(=O)O)cc3c2)n1. The Labute approximate surface area is 207 Å². The molecule has 0 aliphatic rings. The van der Waals surface area contributed by atoms with Crippen molar-refractivity contribution in [2.45, 2.75) is 4.90 Å². The molecule has 0 fully saturated rings. The number of phenols is 1. The van der Waals surface area contributed by atoms with Crippen LogP contribution in [0.3, 0.4) is 0 Å². The molecule has 4 aromatic rings. The Morgan fingerprint density at radius 2 is 1.83 bits per heavy atom. The van der Waals surface area contributed by atoms with Crippen molar-refractivity contribution in [3.63, 3.8) is 0 Å². The van der Waals surface area contributed by atoms with E-state index in [-0.39, 0.29) is 39.3 Å². The maximum Gasteiger partial charge on any atom is 0.337 e. The topological polar surface area (TPSA) is 197 Å². The molecular weight excluding hydrogens is 516 g/mol. The number of carboxylic acid groups (broad SMARTS) is 1. The number of halogens is 1. The van der Waals surface area contributed by atoms with Gasteiger partial charge in [0.05, 0.1) is 12.7 Å². The number of rotatable bonds is 7. The maximum atomic E-state index is 12.1. The first-order valence-corrected chi connectivity index (χ1v) is 11.6. The molecule has 0 aliphatic carbocycles. The number of fused-ring (bicyclic) bond motifs is 1. The fourth-order valence-electron chi connectivity index (χ4n) is 3.18. The smallest absolute Gasteiger partial charge is 0.337 e. The number of benzene rings is 3. The lowest BCUT2D eigenvalue weighted by molar-refractivity contribution is 0.0697. The Hall–Kier alpha value is -4.40. The molecule has 0 saturated heterocycles. The fourth-order valence-corrected chi connectivity index (χ4v) is 3.99. The lowest BCUT2D eigenvalue weighted by Gasteiger charge is -2.11. The molecule has 36 heavy (non-hydrogen) atoms. The summed E-state index contributed by atoms with van der Waals surface area (Å²) in [5.74, 6) is -1.85. The van der Waals surface area contributed by atoms with Gasteiger partial charge in [0.2, 0.25) is 11.2 Å². The lowest BCUT2D eigenvalue weighted by atomic mass is 10.1. The summed E-state index contributed by atoms with van der Waals surface area (Å²) in [4.78, 5) is 22.3. The van der Waals surface area contributed by atoms with Gasteiger partial charge in [-0.25, -0.2) is 4.79 Å². The molecule has 3 aromatic carbocycles. The molecule has 1 heterocycles. The Kier molecular flexibility index (Phi) is 6.65. The number of nitrogens with one attached hydrogen (secondary N) is 1. The number of methoxy groups -OCH3 is 1. The van der Waals surface area contributed by atoms with Gasteiger partial charge in [0.15, 0.2) is 5.75 Å². The van der Waals surface area contributed by atoms with Crippen LogP contribution in [0.2, 0.25) is 5.28 Å². The average molecular weight is 531 g/mol. The Bertz CT molecular complexity index is 1650. The van der Waals surface area contributed by atoms with Gasteiger partial charge in [-0.2, -0.15) is 23.4 Å². The van der Waals surface area contributed by atoms with Crippen molar-refractivity contribution in [2.24, 2.45) is 10.2 Å². The van der Waals surface area contributed by atoms with Crippen molar-refractivity contribution in [3.05, 3.63) is 59.4 Å². The van der Waals surface area contributed by atoms with Gasteiger partial charge < -0.3 is 20.3 Å². The van der Waals surface area contributed by atoms with Gasteiger partial charge in [-0.05, 0) is 53.4 Å². The Morgan fingerprint density at radius 3 is 2.53 bits per heavy atom. The van der Waals surface area contributed by atoms with E-state index in [1.54, 1.807) is 0 Å². The van der Waals surface area contributed by atoms with Crippen molar-refractivity contribution in [2.75, 3.05) is 12.4 Å². The van der Waals surface area contributed by atoms with Gasteiger partial charge in [-0.3, -0.25) is 4.55 Å². The molecule has 0 amide bonds. The van der Waals surface area contributed by atoms with Gasteiger partial charge in [-0.1, -0.05) is 12.1 Å². The summed E-state index contributed by atoms with van der Waals surface area (Å²) in [5.41, 5.74) is -0.477. The predicted octanol–water partition coefficient (Wildman–Crippen LogP) is 4.50. The predicted molar refractivity (Wildman–Crippen MR) is 128 cm³/mol. The minimum atomic E-state index is -4.88. The largest absolute Gasteiger partial charge is 0.505 e. The van der Waals surface area contributed by atoms with Crippen molar-refractivity contribution < 1.29 is 32.7 Å². The van der Waals surface area contributed by atoms with Crippen LogP contribution in [0.1, 0.15) is 10.4 Å². The van der Waals surface area contributed by atoms with Crippen LogP contribution in [-0.4, -0.2) is 51.2 Å². The second kappa shape index (κ2) is 9.69. The third-order valence-electron chi connectivity index (χ3n) is 4.75. The zero-order valence-electron chi connectivity index (χ0n) is 18.1. The number of aromatic hydroxyl groups is 1. The van der Waals surface area contributed by atoms with Crippen LogP contribution >= 0.6 is 11.6 Å². The van der Waals surface area contributed by atoms with E-state index in [4.69, 9.17) is 16.3 Å². The van der Waals surface area contributed by atoms with Crippen molar-refractivity contribution >= 4 is 61.5 Å². The molecule has 184 valence electrons. The van der Waals surface area contributed by atoms with Gasteiger partial charge in [0.25, 0.3) is 10.1 Å². The number of ether oxygens (including phenoxy) is 1. The molecule has 0 radical (unpaired) electrons. The Balaban J connectivity index is 1.81. The van der Waals surface area contributed by atoms with Crippen LogP contribution < -0.4 is 10.1 Å². The zero-order chi connectivity index (χ0) is 26.0. The molecule has 0 aliphatic heterocycles. The normalized spacial score (nSPS) is 11.6. The second-order valence-corrected chi connectivity index (χ2v) is 8.77. The second-order valence-electron chi connectivity index (χ2n) is 7.04. The molecule has 0 spiro atoms. The summed E-state index contributed by atoms with van der Waals surface area (Å²) >= 11 is 5.84. The monoisotopic (exact) mass is 530 g/mol. The number of carboxylic acids is 1. The van der Waals surface area contributed by atoms with E-state index in [1.807, 2.05) is 0 Å². The van der Waals surface area contributed by atoms with Crippen LogP contribution in [0.15, 0.2) is 63.7 Å². The number of anilines is 2. The van der Waals surface area contributed by atoms with Crippen LogP contribution in [0.5, 0.6) is 11.8 Å². The highest BCUT2D eigenvalue weighted by Crippen LogP contribution is 2.42. The number of carbonyl (C=O) groups is 1. The highest BCUT2D eigenvalue weighted by atomic mass is 35.5. The molecular formula is C21H15ClN6O7S. The average Bonchev–Trinajstić information content (AvgIpc) is 2.82. The molecule has 1 aromatic heterocycles. The van der Waals surface area contributed by atoms with E-state index in [2.05, 4.69) is 30.5 Å². The summed E-state index contributed by atoms with van der Waals surface area (Å²) < 4.78 is 38.9. The van der Waals surface area contributed by atoms with Crippen molar-refractivity contribution in [1.29, 1.82) is 0 Å². The van der Waals surface area contributed by atoms with Crippen molar-refractivity contribution in [3.8, 4) is 11.8 Å². The zero-order valence-corrected chi connectivity index (χ0v) is 19.7. The van der Waals surface area contributed by atoms with Crippen LogP contribution in [0, 0.1) is 0 Å². The first-order chi connectivity index (χ1) is 17.1. The molecule has 0 atom stereocenters. The lowest BCUT2D eigenvalue weighted by Crippen LogP contribution is -2.02. The minimum absolute atomic E-state index is 0.0351. The summed E-state index contributed by atoms with van der Waals surface area (Å²) in [6.45, 7) is 0. The first kappa shape index (κ1) is 24.7. The molecule has 0 bridgehead atoms. The number of aromatic nitrogens is 3. The quantitative estimate of drug-likeness (QED) is 0.194. The number of hydrogen-bond acceptors (Lipinski definition) is 11. The van der Waals surface area contributed by atoms with E-state index in [0.717, 1.165) is 6.07 Å². The van der Waals surface area contributed by atoms with Crippen LogP contribution in [-0.2, 0) is 10.1 Å². The van der Waals surface area contributed by atoms with E-state index >= 15 is 0 Å².